The van der Waals surface area contributed by atoms with Crippen molar-refractivity contribution >= 4 is 0 Å². The molecule has 2 nitrogen and oxygen atoms in total. The van der Waals surface area contributed by atoms with Crippen LogP contribution in [-0.4, -0.2) is 24.3 Å². The Kier molecular flexibility index (Phi) is 3.41. The first kappa shape index (κ1) is 8.58. The normalized spacial score (nSPS) is 28.5. The lowest BCUT2D eigenvalue weighted by atomic mass is 9.81. The maximum Gasteiger partial charge on any atom is 0.0578 e. The average Bonchev–Trinajstić information content (AvgIpc) is 1.94. The van der Waals surface area contributed by atoms with Gasteiger partial charge in [-0.05, 0) is 25.7 Å². The minimum atomic E-state index is 0.345. The third-order valence-corrected chi connectivity index (χ3v) is 2.15. The summed E-state index contributed by atoms with van der Waals surface area (Å²) in [5.41, 5.74) is 0. The van der Waals surface area contributed by atoms with Crippen molar-refractivity contribution in [3.63, 3.8) is 0 Å². The van der Waals surface area contributed by atoms with Crippen LogP contribution in [0.3, 0.4) is 0 Å². The van der Waals surface area contributed by atoms with E-state index >= 15 is 0 Å². The summed E-state index contributed by atoms with van der Waals surface area (Å²) in [6.07, 6.45) is 2.23. The van der Waals surface area contributed by atoms with E-state index in [9.17, 15) is 0 Å². The van der Waals surface area contributed by atoms with Crippen molar-refractivity contribution in [3.05, 3.63) is 0 Å². The van der Waals surface area contributed by atoms with Crippen LogP contribution in [0.1, 0.15) is 19.8 Å². The molecule has 0 unspecified atom stereocenters. The Morgan fingerprint density at radius 1 is 1.55 bits per heavy atom. The second-order valence-corrected chi connectivity index (χ2v) is 3.02. The molecule has 0 aromatic heterocycles. The average molecular weight is 153 g/mol. The summed E-state index contributed by atoms with van der Waals surface area (Å²) in [5.74, 6) is 6.33. The highest BCUT2D eigenvalue weighted by Gasteiger charge is 2.27. The quantitative estimate of drug-likeness (QED) is 0.574. The van der Waals surface area contributed by atoms with Gasteiger partial charge in [0.2, 0.25) is 0 Å². The lowest BCUT2D eigenvalue weighted by molar-refractivity contribution is 0.129. The summed E-state index contributed by atoms with van der Waals surface area (Å²) in [6.45, 7) is 2.98. The molecule has 62 valence electrons. The van der Waals surface area contributed by atoms with E-state index in [0.717, 1.165) is 19.4 Å². The molecule has 0 aliphatic heterocycles. The lowest BCUT2D eigenvalue weighted by Crippen LogP contribution is -2.42. The Morgan fingerprint density at radius 2 is 2.27 bits per heavy atom. The topological polar surface area (TPSA) is 32.3 Å². The molecule has 0 atom stereocenters. The number of aliphatic hydroxyl groups is 1. The van der Waals surface area contributed by atoms with Crippen LogP contribution in [-0.2, 0) is 0 Å². The SMILES string of the molecule is CC#CCNC1CC(CO)C1. The molecule has 1 saturated carbocycles. The summed E-state index contributed by atoms with van der Waals surface area (Å²) in [6, 6.07) is 0.605. The van der Waals surface area contributed by atoms with Gasteiger partial charge in [0.15, 0.2) is 0 Å². The van der Waals surface area contributed by atoms with E-state index in [-0.39, 0.29) is 0 Å². The first-order valence-electron chi connectivity index (χ1n) is 4.10. The standard InChI is InChI=1S/C9H15NO/c1-2-3-4-10-9-5-8(6-9)7-11/h8-11H,4-7H2,1H3. The third kappa shape index (κ3) is 2.53. The van der Waals surface area contributed by atoms with Gasteiger partial charge < -0.3 is 10.4 Å². The molecular formula is C9H15NO. The predicted octanol–water partition coefficient (Wildman–Crippen LogP) is 0.370. The second kappa shape index (κ2) is 4.38. The fraction of sp³-hybridized carbons (Fsp3) is 0.778. The fourth-order valence-corrected chi connectivity index (χ4v) is 1.34. The van der Waals surface area contributed by atoms with Gasteiger partial charge in [-0.1, -0.05) is 5.92 Å². The molecular weight excluding hydrogens is 138 g/mol. The zero-order valence-electron chi connectivity index (χ0n) is 6.93. The Morgan fingerprint density at radius 3 is 2.82 bits per heavy atom. The van der Waals surface area contributed by atoms with E-state index in [1.54, 1.807) is 0 Å². The number of rotatable bonds is 3. The summed E-state index contributed by atoms with van der Waals surface area (Å²) < 4.78 is 0. The van der Waals surface area contributed by atoms with Crippen LogP contribution in [0, 0.1) is 17.8 Å². The number of hydrogen-bond acceptors (Lipinski definition) is 2. The van der Waals surface area contributed by atoms with Crippen LogP contribution in [0.4, 0.5) is 0 Å². The molecule has 0 heterocycles. The molecule has 2 heteroatoms. The van der Waals surface area contributed by atoms with Crippen LogP contribution in [0.2, 0.25) is 0 Å². The van der Waals surface area contributed by atoms with Crippen molar-refractivity contribution < 1.29 is 5.11 Å². The predicted molar refractivity (Wildman–Crippen MR) is 45.1 cm³/mol. The fourth-order valence-electron chi connectivity index (χ4n) is 1.34. The van der Waals surface area contributed by atoms with E-state index in [1.165, 1.54) is 0 Å². The van der Waals surface area contributed by atoms with Crippen LogP contribution in [0.5, 0.6) is 0 Å². The monoisotopic (exact) mass is 153 g/mol. The summed E-state index contributed by atoms with van der Waals surface area (Å²) in [4.78, 5) is 0. The third-order valence-electron chi connectivity index (χ3n) is 2.15. The van der Waals surface area contributed by atoms with Gasteiger partial charge in [-0.2, -0.15) is 0 Å². The van der Waals surface area contributed by atoms with Gasteiger partial charge in [-0.3, -0.25) is 0 Å². The van der Waals surface area contributed by atoms with Gasteiger partial charge in [0.1, 0.15) is 0 Å². The van der Waals surface area contributed by atoms with Crippen molar-refractivity contribution in [1.29, 1.82) is 0 Å². The highest BCUT2D eigenvalue weighted by molar-refractivity contribution is 4.98. The Labute approximate surface area is 68.0 Å². The molecule has 0 radical (unpaired) electrons. The van der Waals surface area contributed by atoms with Gasteiger partial charge in [0.25, 0.3) is 0 Å². The van der Waals surface area contributed by atoms with Crippen LogP contribution < -0.4 is 5.32 Å². The second-order valence-electron chi connectivity index (χ2n) is 3.02. The van der Waals surface area contributed by atoms with Crippen molar-refractivity contribution in [1.82, 2.24) is 5.32 Å². The first-order valence-corrected chi connectivity index (χ1v) is 4.10. The van der Waals surface area contributed by atoms with Crippen molar-refractivity contribution in [2.24, 2.45) is 5.92 Å². The highest BCUT2D eigenvalue weighted by atomic mass is 16.3. The molecule has 1 rings (SSSR count). The van der Waals surface area contributed by atoms with E-state index in [0.29, 0.717) is 18.6 Å². The van der Waals surface area contributed by atoms with Crippen LogP contribution >= 0.6 is 0 Å². The zero-order chi connectivity index (χ0) is 8.10. The molecule has 0 bridgehead atoms. The minimum Gasteiger partial charge on any atom is -0.396 e. The lowest BCUT2D eigenvalue weighted by Gasteiger charge is -2.34. The molecule has 0 amide bonds. The van der Waals surface area contributed by atoms with Gasteiger partial charge in [-0.15, -0.1) is 5.92 Å². The van der Waals surface area contributed by atoms with Gasteiger partial charge >= 0.3 is 0 Å². The number of nitrogens with one attached hydrogen (secondary N) is 1. The maximum atomic E-state index is 8.72. The molecule has 1 fully saturated rings. The van der Waals surface area contributed by atoms with Crippen molar-refractivity contribution in [2.45, 2.75) is 25.8 Å². The van der Waals surface area contributed by atoms with Crippen molar-refractivity contribution in [3.8, 4) is 11.8 Å². The Bertz CT molecular complexity index is 162. The largest absolute Gasteiger partial charge is 0.396 e. The molecule has 0 aromatic rings. The molecule has 0 aromatic carbocycles. The minimum absolute atomic E-state index is 0.345. The van der Waals surface area contributed by atoms with Crippen LogP contribution in [0.15, 0.2) is 0 Å². The molecule has 2 N–H and O–H groups in total. The van der Waals surface area contributed by atoms with Gasteiger partial charge in [0, 0.05) is 12.6 Å². The summed E-state index contributed by atoms with van der Waals surface area (Å²) in [7, 11) is 0. The zero-order valence-corrected chi connectivity index (χ0v) is 6.93. The number of hydrogen-bond donors (Lipinski definition) is 2. The summed E-state index contributed by atoms with van der Waals surface area (Å²) >= 11 is 0. The Hall–Kier alpha value is -0.520. The first-order chi connectivity index (χ1) is 5.36. The molecule has 0 spiro atoms. The Balaban J connectivity index is 1.98. The molecule has 11 heavy (non-hydrogen) atoms. The highest BCUT2D eigenvalue weighted by Crippen LogP contribution is 2.26. The number of aliphatic hydroxyl groups excluding tert-OH is 1. The molecule has 1 aliphatic rings. The van der Waals surface area contributed by atoms with E-state index < -0.39 is 0 Å². The van der Waals surface area contributed by atoms with E-state index in [4.69, 9.17) is 5.11 Å². The van der Waals surface area contributed by atoms with Gasteiger partial charge in [-0.25, -0.2) is 0 Å². The smallest absolute Gasteiger partial charge is 0.0578 e. The molecule has 1 aliphatic carbocycles. The maximum absolute atomic E-state index is 8.72. The molecule has 0 saturated heterocycles. The van der Waals surface area contributed by atoms with Crippen LogP contribution in [0.25, 0.3) is 0 Å². The summed E-state index contributed by atoms with van der Waals surface area (Å²) in [5, 5.41) is 12.0. The van der Waals surface area contributed by atoms with E-state index in [2.05, 4.69) is 17.2 Å². The van der Waals surface area contributed by atoms with E-state index in [1.807, 2.05) is 6.92 Å². The van der Waals surface area contributed by atoms with Gasteiger partial charge in [0.05, 0.1) is 6.54 Å². The van der Waals surface area contributed by atoms with Crippen molar-refractivity contribution in [2.75, 3.05) is 13.2 Å².